The molecule has 24 heavy (non-hydrogen) atoms. The molecule has 0 aliphatic rings. The van der Waals surface area contributed by atoms with Gasteiger partial charge in [-0.2, -0.15) is 0 Å². The molecule has 1 N–H and O–H groups in total. The monoisotopic (exact) mass is 345 g/mol. The van der Waals surface area contributed by atoms with Crippen molar-refractivity contribution in [1.29, 1.82) is 0 Å². The number of benzene rings is 2. The molecule has 2 nitrogen and oxygen atoms in total. The molecular weight excluding hydrogens is 318 g/mol. The van der Waals surface area contributed by atoms with E-state index in [0.717, 1.165) is 29.4 Å². The molecule has 0 spiro atoms. The van der Waals surface area contributed by atoms with Crippen molar-refractivity contribution >= 4 is 11.6 Å². The summed E-state index contributed by atoms with van der Waals surface area (Å²) in [5.41, 5.74) is 2.29. The standard InChI is InChI=1S/C21H28ClNO/c1-2-3-4-5-8-15-23-16-18-11-13-20(14-12-18)24-17-19-9-6-7-10-21(19)22/h6-7,9-14,23H,2-5,8,15-17H2,1H3. The van der Waals surface area contributed by atoms with Gasteiger partial charge in [0.1, 0.15) is 12.4 Å². The Morgan fingerprint density at radius 3 is 2.42 bits per heavy atom. The smallest absolute Gasteiger partial charge is 0.119 e. The minimum absolute atomic E-state index is 0.495. The Hall–Kier alpha value is -1.51. The van der Waals surface area contributed by atoms with E-state index in [1.807, 2.05) is 36.4 Å². The number of nitrogens with one attached hydrogen (secondary N) is 1. The molecule has 0 fully saturated rings. The average Bonchev–Trinajstić information content (AvgIpc) is 2.61. The van der Waals surface area contributed by atoms with Gasteiger partial charge in [0.05, 0.1) is 0 Å². The first kappa shape index (κ1) is 18.8. The van der Waals surface area contributed by atoms with E-state index in [1.165, 1.54) is 37.7 Å². The van der Waals surface area contributed by atoms with Crippen molar-refractivity contribution < 1.29 is 4.74 Å². The quantitative estimate of drug-likeness (QED) is 0.506. The third-order valence-electron chi connectivity index (χ3n) is 4.06. The third-order valence-corrected chi connectivity index (χ3v) is 4.43. The zero-order valence-corrected chi connectivity index (χ0v) is 15.3. The molecule has 0 aromatic heterocycles. The summed E-state index contributed by atoms with van der Waals surface area (Å²) < 4.78 is 5.80. The third kappa shape index (κ3) is 6.94. The maximum atomic E-state index is 6.14. The zero-order valence-electron chi connectivity index (χ0n) is 14.6. The second-order valence-corrected chi connectivity index (χ2v) is 6.52. The van der Waals surface area contributed by atoms with Gasteiger partial charge in [-0.25, -0.2) is 0 Å². The SMILES string of the molecule is CCCCCCCNCc1ccc(OCc2ccccc2Cl)cc1. The van der Waals surface area contributed by atoms with E-state index in [0.29, 0.717) is 6.61 Å². The number of hydrogen-bond acceptors (Lipinski definition) is 2. The van der Waals surface area contributed by atoms with Gasteiger partial charge in [0.2, 0.25) is 0 Å². The molecule has 2 aromatic carbocycles. The Bertz CT molecular complexity index is 583. The van der Waals surface area contributed by atoms with Crippen molar-refractivity contribution in [2.75, 3.05) is 6.54 Å². The lowest BCUT2D eigenvalue weighted by atomic mass is 10.1. The molecule has 0 saturated carbocycles. The number of ether oxygens (including phenoxy) is 1. The Morgan fingerprint density at radius 2 is 1.67 bits per heavy atom. The minimum atomic E-state index is 0.495. The first-order valence-electron chi connectivity index (χ1n) is 8.95. The van der Waals surface area contributed by atoms with Crippen molar-refractivity contribution in [2.45, 2.75) is 52.2 Å². The van der Waals surface area contributed by atoms with Gasteiger partial charge in [-0.1, -0.05) is 74.5 Å². The van der Waals surface area contributed by atoms with E-state index < -0.39 is 0 Å². The lowest BCUT2D eigenvalue weighted by Gasteiger charge is -2.09. The summed E-state index contributed by atoms with van der Waals surface area (Å²) in [4.78, 5) is 0. The molecule has 2 aromatic rings. The summed E-state index contributed by atoms with van der Waals surface area (Å²) in [6.07, 6.45) is 6.61. The van der Waals surface area contributed by atoms with Gasteiger partial charge in [0, 0.05) is 17.1 Å². The number of hydrogen-bond donors (Lipinski definition) is 1. The summed E-state index contributed by atoms with van der Waals surface area (Å²) in [7, 11) is 0. The highest BCUT2D eigenvalue weighted by molar-refractivity contribution is 6.31. The highest BCUT2D eigenvalue weighted by Gasteiger charge is 2.01. The van der Waals surface area contributed by atoms with Crippen LogP contribution in [-0.2, 0) is 13.2 Å². The van der Waals surface area contributed by atoms with Gasteiger partial charge < -0.3 is 10.1 Å². The Balaban J connectivity index is 1.66. The van der Waals surface area contributed by atoms with Crippen LogP contribution < -0.4 is 10.1 Å². The van der Waals surface area contributed by atoms with Gasteiger partial charge in [-0.3, -0.25) is 0 Å². The highest BCUT2D eigenvalue weighted by Crippen LogP contribution is 2.19. The molecule has 0 amide bonds. The molecule has 0 saturated heterocycles. The fourth-order valence-electron chi connectivity index (χ4n) is 2.57. The maximum Gasteiger partial charge on any atom is 0.119 e. The van der Waals surface area contributed by atoms with Crippen LogP contribution in [0.25, 0.3) is 0 Å². The second-order valence-electron chi connectivity index (χ2n) is 6.12. The molecular formula is C21H28ClNO. The van der Waals surface area contributed by atoms with E-state index in [9.17, 15) is 0 Å². The lowest BCUT2D eigenvalue weighted by Crippen LogP contribution is -2.14. The topological polar surface area (TPSA) is 21.3 Å². The van der Waals surface area contributed by atoms with Crippen LogP contribution in [0.5, 0.6) is 5.75 Å². The first-order chi connectivity index (χ1) is 11.8. The molecule has 0 aliphatic carbocycles. The summed E-state index contributed by atoms with van der Waals surface area (Å²) in [6, 6.07) is 16.1. The molecule has 0 atom stereocenters. The normalized spacial score (nSPS) is 10.8. The van der Waals surface area contributed by atoms with E-state index in [4.69, 9.17) is 16.3 Å². The Labute approximate surface area is 151 Å². The highest BCUT2D eigenvalue weighted by atomic mass is 35.5. The first-order valence-corrected chi connectivity index (χ1v) is 9.33. The number of halogens is 1. The minimum Gasteiger partial charge on any atom is -0.489 e. The summed E-state index contributed by atoms with van der Waals surface area (Å²) in [5, 5.41) is 4.25. The van der Waals surface area contributed by atoms with Gasteiger partial charge in [-0.05, 0) is 36.7 Å². The molecule has 2 rings (SSSR count). The molecule has 0 unspecified atom stereocenters. The molecule has 130 valence electrons. The molecule has 0 radical (unpaired) electrons. The second kappa shape index (κ2) is 11.1. The molecule has 3 heteroatoms. The van der Waals surface area contributed by atoms with Crippen molar-refractivity contribution in [2.24, 2.45) is 0 Å². The van der Waals surface area contributed by atoms with Crippen molar-refractivity contribution in [1.82, 2.24) is 5.32 Å². The summed E-state index contributed by atoms with van der Waals surface area (Å²) in [5.74, 6) is 0.873. The number of unbranched alkanes of at least 4 members (excludes halogenated alkanes) is 4. The summed E-state index contributed by atoms with van der Waals surface area (Å²) in [6.45, 7) is 4.75. The van der Waals surface area contributed by atoms with Crippen LogP contribution in [0.3, 0.4) is 0 Å². The Kier molecular flexibility index (Phi) is 8.72. The van der Waals surface area contributed by atoms with Gasteiger partial charge in [0.15, 0.2) is 0 Å². The van der Waals surface area contributed by atoms with Crippen LogP contribution in [0.4, 0.5) is 0 Å². The number of rotatable bonds is 11. The average molecular weight is 346 g/mol. The molecule has 0 aliphatic heterocycles. The largest absolute Gasteiger partial charge is 0.489 e. The van der Waals surface area contributed by atoms with Gasteiger partial charge in [0.25, 0.3) is 0 Å². The van der Waals surface area contributed by atoms with Crippen LogP contribution in [0.2, 0.25) is 5.02 Å². The van der Waals surface area contributed by atoms with Crippen molar-refractivity contribution in [3.63, 3.8) is 0 Å². The van der Waals surface area contributed by atoms with Crippen LogP contribution in [0.15, 0.2) is 48.5 Å². The zero-order chi connectivity index (χ0) is 17.0. The van der Waals surface area contributed by atoms with E-state index in [1.54, 1.807) is 0 Å². The molecule has 0 heterocycles. The Morgan fingerprint density at radius 1 is 0.917 bits per heavy atom. The fourth-order valence-corrected chi connectivity index (χ4v) is 2.76. The van der Waals surface area contributed by atoms with Crippen LogP contribution in [-0.4, -0.2) is 6.54 Å². The molecule has 0 bridgehead atoms. The van der Waals surface area contributed by atoms with E-state index >= 15 is 0 Å². The van der Waals surface area contributed by atoms with Gasteiger partial charge in [-0.15, -0.1) is 0 Å². The van der Waals surface area contributed by atoms with Crippen LogP contribution >= 0.6 is 11.6 Å². The van der Waals surface area contributed by atoms with E-state index in [2.05, 4.69) is 24.4 Å². The van der Waals surface area contributed by atoms with Crippen molar-refractivity contribution in [3.05, 3.63) is 64.7 Å². The fraction of sp³-hybridized carbons (Fsp3) is 0.429. The van der Waals surface area contributed by atoms with Crippen LogP contribution in [0, 0.1) is 0 Å². The lowest BCUT2D eigenvalue weighted by molar-refractivity contribution is 0.306. The van der Waals surface area contributed by atoms with Crippen molar-refractivity contribution in [3.8, 4) is 5.75 Å². The maximum absolute atomic E-state index is 6.14. The predicted molar refractivity (Wildman–Crippen MR) is 103 cm³/mol. The summed E-state index contributed by atoms with van der Waals surface area (Å²) >= 11 is 6.14. The van der Waals surface area contributed by atoms with E-state index in [-0.39, 0.29) is 0 Å². The predicted octanol–water partition coefficient (Wildman–Crippen LogP) is 5.98. The van der Waals surface area contributed by atoms with Gasteiger partial charge >= 0.3 is 0 Å². The van der Waals surface area contributed by atoms with Crippen LogP contribution in [0.1, 0.15) is 50.2 Å².